The molecule has 1 saturated heterocycles. The maximum Gasteiger partial charge on any atom is 0.222 e. The fourth-order valence-corrected chi connectivity index (χ4v) is 1.94. The molecule has 1 aliphatic heterocycles. The summed E-state index contributed by atoms with van der Waals surface area (Å²) in [7, 11) is 0. The Labute approximate surface area is 97.9 Å². The van der Waals surface area contributed by atoms with Crippen molar-refractivity contribution in [3.05, 3.63) is 0 Å². The zero-order valence-electron chi connectivity index (χ0n) is 10.2. The molecule has 0 radical (unpaired) electrons. The zero-order chi connectivity index (χ0) is 11.8. The summed E-state index contributed by atoms with van der Waals surface area (Å²) in [6.07, 6.45) is 4.07. The molecule has 2 unspecified atom stereocenters. The topological polar surface area (TPSA) is 64.4 Å². The molecule has 0 aliphatic carbocycles. The van der Waals surface area contributed by atoms with E-state index in [-0.39, 0.29) is 11.8 Å². The maximum absolute atomic E-state index is 11.7. The third-order valence-corrected chi connectivity index (χ3v) is 3.11. The highest BCUT2D eigenvalue weighted by molar-refractivity contribution is 5.78. The normalized spacial score (nSPS) is 22.8. The van der Waals surface area contributed by atoms with Crippen LogP contribution in [0, 0.1) is 11.8 Å². The summed E-state index contributed by atoms with van der Waals surface area (Å²) in [5.74, 6) is 0.728. The molecular weight excluding hydrogens is 204 g/mol. The Morgan fingerprint density at radius 1 is 1.62 bits per heavy atom. The van der Waals surface area contributed by atoms with Crippen LogP contribution in [0.2, 0.25) is 0 Å². The Morgan fingerprint density at radius 3 is 3.06 bits per heavy atom. The zero-order valence-corrected chi connectivity index (χ0v) is 10.2. The minimum absolute atomic E-state index is 0.0769. The second-order valence-electron chi connectivity index (χ2n) is 4.66. The Morgan fingerprint density at radius 2 is 2.44 bits per heavy atom. The van der Waals surface area contributed by atoms with Crippen molar-refractivity contribution in [2.24, 2.45) is 17.6 Å². The molecule has 0 aromatic heterocycles. The van der Waals surface area contributed by atoms with Crippen LogP contribution < -0.4 is 11.1 Å². The van der Waals surface area contributed by atoms with Crippen molar-refractivity contribution in [3.63, 3.8) is 0 Å². The lowest BCUT2D eigenvalue weighted by Gasteiger charge is -2.23. The van der Waals surface area contributed by atoms with E-state index in [0.717, 1.165) is 45.4 Å². The van der Waals surface area contributed by atoms with Crippen molar-refractivity contribution in [1.29, 1.82) is 0 Å². The van der Waals surface area contributed by atoms with E-state index in [1.54, 1.807) is 0 Å². The largest absolute Gasteiger partial charge is 0.381 e. The lowest BCUT2D eigenvalue weighted by molar-refractivity contribution is -0.125. The van der Waals surface area contributed by atoms with Crippen LogP contribution in [0.5, 0.6) is 0 Å². The molecule has 1 rings (SSSR count). The first-order valence-corrected chi connectivity index (χ1v) is 6.29. The first kappa shape index (κ1) is 13.5. The second-order valence-corrected chi connectivity index (χ2v) is 4.66. The second kappa shape index (κ2) is 7.63. The predicted molar refractivity (Wildman–Crippen MR) is 64.0 cm³/mol. The Kier molecular flexibility index (Phi) is 6.42. The molecule has 1 aliphatic rings. The third-order valence-electron chi connectivity index (χ3n) is 3.11. The average molecular weight is 228 g/mol. The third kappa shape index (κ3) is 4.94. The quantitative estimate of drug-likeness (QED) is 0.710. The maximum atomic E-state index is 11.7. The number of ether oxygens (including phenoxy) is 1. The van der Waals surface area contributed by atoms with Crippen molar-refractivity contribution in [2.75, 3.05) is 26.3 Å². The van der Waals surface area contributed by atoms with E-state index in [4.69, 9.17) is 10.5 Å². The predicted octanol–water partition coefficient (Wildman–Crippen LogP) is 0.904. The standard InChI is InChI=1S/C12H24N2O2/c1-10(4-2-6-13)12(15)14-8-11-5-3-7-16-9-11/h10-11H,2-9,13H2,1H3,(H,14,15). The van der Waals surface area contributed by atoms with Crippen LogP contribution >= 0.6 is 0 Å². The highest BCUT2D eigenvalue weighted by Crippen LogP contribution is 2.12. The minimum Gasteiger partial charge on any atom is -0.381 e. The molecule has 0 spiro atoms. The van der Waals surface area contributed by atoms with Gasteiger partial charge >= 0.3 is 0 Å². The van der Waals surface area contributed by atoms with Gasteiger partial charge in [0.15, 0.2) is 0 Å². The van der Waals surface area contributed by atoms with E-state index in [1.807, 2.05) is 6.92 Å². The summed E-state index contributed by atoms with van der Waals surface area (Å²) in [6.45, 7) is 5.04. The van der Waals surface area contributed by atoms with E-state index in [0.29, 0.717) is 12.5 Å². The first-order valence-electron chi connectivity index (χ1n) is 6.29. The first-order chi connectivity index (χ1) is 7.74. The van der Waals surface area contributed by atoms with Gasteiger partial charge in [-0.05, 0) is 38.1 Å². The van der Waals surface area contributed by atoms with Gasteiger partial charge in [-0.25, -0.2) is 0 Å². The monoisotopic (exact) mass is 228 g/mol. The number of nitrogens with one attached hydrogen (secondary N) is 1. The molecule has 4 heteroatoms. The lowest BCUT2D eigenvalue weighted by Crippen LogP contribution is -2.36. The fraction of sp³-hybridized carbons (Fsp3) is 0.917. The summed E-state index contributed by atoms with van der Waals surface area (Å²) in [5, 5.41) is 3.00. The van der Waals surface area contributed by atoms with E-state index >= 15 is 0 Å². The van der Waals surface area contributed by atoms with Crippen LogP contribution in [-0.4, -0.2) is 32.2 Å². The van der Waals surface area contributed by atoms with Crippen LogP contribution in [0.15, 0.2) is 0 Å². The van der Waals surface area contributed by atoms with Gasteiger partial charge in [-0.1, -0.05) is 6.92 Å². The number of rotatable bonds is 6. The molecule has 16 heavy (non-hydrogen) atoms. The van der Waals surface area contributed by atoms with Crippen molar-refractivity contribution in [3.8, 4) is 0 Å². The molecule has 0 aromatic rings. The minimum atomic E-state index is 0.0769. The van der Waals surface area contributed by atoms with Gasteiger partial charge in [0.1, 0.15) is 0 Å². The van der Waals surface area contributed by atoms with E-state index in [1.165, 1.54) is 0 Å². The number of amides is 1. The Balaban J connectivity index is 2.12. The van der Waals surface area contributed by atoms with Crippen molar-refractivity contribution in [2.45, 2.75) is 32.6 Å². The highest BCUT2D eigenvalue weighted by atomic mass is 16.5. The summed E-state index contributed by atoms with van der Waals surface area (Å²) in [5.41, 5.74) is 5.42. The molecule has 1 heterocycles. The van der Waals surface area contributed by atoms with Gasteiger partial charge in [0.05, 0.1) is 6.61 Å². The molecule has 3 N–H and O–H groups in total. The number of hydrogen-bond donors (Lipinski definition) is 2. The molecule has 94 valence electrons. The van der Waals surface area contributed by atoms with Gasteiger partial charge in [-0.3, -0.25) is 4.79 Å². The molecule has 1 fully saturated rings. The van der Waals surface area contributed by atoms with Gasteiger partial charge in [0, 0.05) is 19.1 Å². The van der Waals surface area contributed by atoms with Crippen LogP contribution in [0.4, 0.5) is 0 Å². The van der Waals surface area contributed by atoms with Gasteiger partial charge in [-0.2, -0.15) is 0 Å². The fourth-order valence-electron chi connectivity index (χ4n) is 1.94. The average Bonchev–Trinajstić information content (AvgIpc) is 2.34. The van der Waals surface area contributed by atoms with Crippen LogP contribution in [-0.2, 0) is 9.53 Å². The number of hydrogen-bond acceptors (Lipinski definition) is 3. The number of carbonyl (C=O) groups excluding carboxylic acids is 1. The lowest BCUT2D eigenvalue weighted by atomic mass is 10.0. The molecule has 0 saturated carbocycles. The van der Waals surface area contributed by atoms with Gasteiger partial charge in [0.25, 0.3) is 0 Å². The molecule has 4 nitrogen and oxygen atoms in total. The van der Waals surface area contributed by atoms with E-state index < -0.39 is 0 Å². The number of nitrogens with two attached hydrogens (primary N) is 1. The van der Waals surface area contributed by atoms with Gasteiger partial charge in [0.2, 0.25) is 5.91 Å². The summed E-state index contributed by atoms with van der Waals surface area (Å²) in [6, 6.07) is 0. The highest BCUT2D eigenvalue weighted by Gasteiger charge is 2.17. The smallest absolute Gasteiger partial charge is 0.222 e. The molecule has 0 bridgehead atoms. The van der Waals surface area contributed by atoms with Gasteiger partial charge < -0.3 is 15.8 Å². The van der Waals surface area contributed by atoms with Crippen LogP contribution in [0.1, 0.15) is 32.6 Å². The molecule has 1 amide bonds. The van der Waals surface area contributed by atoms with Crippen molar-refractivity contribution < 1.29 is 9.53 Å². The van der Waals surface area contributed by atoms with E-state index in [9.17, 15) is 4.79 Å². The summed E-state index contributed by atoms with van der Waals surface area (Å²) in [4.78, 5) is 11.7. The van der Waals surface area contributed by atoms with Crippen LogP contribution in [0.3, 0.4) is 0 Å². The SMILES string of the molecule is CC(CCCN)C(=O)NCC1CCCOC1. The number of carbonyl (C=O) groups is 1. The van der Waals surface area contributed by atoms with Crippen molar-refractivity contribution >= 4 is 5.91 Å². The summed E-state index contributed by atoms with van der Waals surface area (Å²) < 4.78 is 5.37. The Hall–Kier alpha value is -0.610. The molecule has 0 aromatic carbocycles. The molecular formula is C12H24N2O2. The van der Waals surface area contributed by atoms with Crippen molar-refractivity contribution in [1.82, 2.24) is 5.32 Å². The molecule has 2 atom stereocenters. The van der Waals surface area contributed by atoms with E-state index in [2.05, 4.69) is 5.32 Å². The Bertz CT molecular complexity index is 203. The van der Waals surface area contributed by atoms with Crippen LogP contribution in [0.25, 0.3) is 0 Å². The summed E-state index contributed by atoms with van der Waals surface area (Å²) >= 11 is 0. The van der Waals surface area contributed by atoms with Gasteiger partial charge in [-0.15, -0.1) is 0 Å².